The van der Waals surface area contributed by atoms with Gasteiger partial charge in [-0.05, 0) is 43.6 Å². The van der Waals surface area contributed by atoms with Crippen molar-refractivity contribution in [3.05, 3.63) is 0 Å². The molecule has 0 saturated carbocycles. The molecule has 18 heavy (non-hydrogen) atoms. The van der Waals surface area contributed by atoms with Gasteiger partial charge in [-0.2, -0.15) is 0 Å². The quantitative estimate of drug-likeness (QED) is 0.833. The molecule has 1 atom stereocenters. The van der Waals surface area contributed by atoms with Gasteiger partial charge in [-0.15, -0.1) is 0 Å². The average molecular weight is 276 g/mol. The minimum atomic E-state index is -3.08. The summed E-state index contributed by atoms with van der Waals surface area (Å²) in [5, 5.41) is 0. The molecule has 4 nitrogen and oxygen atoms in total. The Bertz CT molecular complexity index is 344. The van der Waals surface area contributed by atoms with E-state index in [0.717, 1.165) is 19.3 Å². The fraction of sp³-hybridized carbons (Fsp3) is 1.00. The molecule has 0 spiro atoms. The Hall–Kier alpha value is -0.130. The molecule has 108 valence electrons. The van der Waals surface area contributed by atoms with E-state index in [1.165, 1.54) is 0 Å². The van der Waals surface area contributed by atoms with E-state index in [1.807, 2.05) is 0 Å². The SMILES string of the molecule is CC(C)(C)CCS(=O)(=O)N1CCCC(CCN)C1. The van der Waals surface area contributed by atoms with Crippen LogP contribution in [0, 0.1) is 11.3 Å². The van der Waals surface area contributed by atoms with Crippen LogP contribution >= 0.6 is 0 Å². The van der Waals surface area contributed by atoms with Gasteiger partial charge in [0.1, 0.15) is 0 Å². The van der Waals surface area contributed by atoms with E-state index in [9.17, 15) is 8.42 Å². The van der Waals surface area contributed by atoms with Crippen LogP contribution in [0.1, 0.15) is 46.5 Å². The highest BCUT2D eigenvalue weighted by Crippen LogP contribution is 2.24. The van der Waals surface area contributed by atoms with Crippen LogP contribution in [0.5, 0.6) is 0 Å². The van der Waals surface area contributed by atoms with Crippen molar-refractivity contribution in [3.8, 4) is 0 Å². The number of piperidine rings is 1. The molecule has 0 aliphatic carbocycles. The molecule has 1 aliphatic rings. The van der Waals surface area contributed by atoms with Crippen LogP contribution in [0.25, 0.3) is 0 Å². The topological polar surface area (TPSA) is 63.4 Å². The number of hydrogen-bond donors (Lipinski definition) is 1. The largest absolute Gasteiger partial charge is 0.330 e. The molecule has 0 radical (unpaired) electrons. The Labute approximate surface area is 112 Å². The molecule has 0 aromatic rings. The van der Waals surface area contributed by atoms with Crippen molar-refractivity contribution in [2.24, 2.45) is 17.1 Å². The van der Waals surface area contributed by atoms with Gasteiger partial charge < -0.3 is 5.73 Å². The lowest BCUT2D eigenvalue weighted by Gasteiger charge is -2.32. The maximum absolute atomic E-state index is 12.3. The van der Waals surface area contributed by atoms with E-state index in [2.05, 4.69) is 20.8 Å². The summed E-state index contributed by atoms with van der Waals surface area (Å²) in [6, 6.07) is 0. The zero-order valence-corrected chi connectivity index (χ0v) is 12.8. The predicted molar refractivity (Wildman–Crippen MR) is 75.8 cm³/mol. The Morgan fingerprint density at radius 1 is 1.33 bits per heavy atom. The van der Waals surface area contributed by atoms with Gasteiger partial charge >= 0.3 is 0 Å². The normalized spacial score (nSPS) is 23.2. The van der Waals surface area contributed by atoms with Gasteiger partial charge in [0.15, 0.2) is 0 Å². The molecule has 1 aliphatic heterocycles. The summed E-state index contributed by atoms with van der Waals surface area (Å²) >= 11 is 0. The zero-order valence-electron chi connectivity index (χ0n) is 12.0. The third kappa shape index (κ3) is 5.24. The number of sulfonamides is 1. The van der Waals surface area contributed by atoms with Crippen molar-refractivity contribution in [2.45, 2.75) is 46.5 Å². The molecule has 0 amide bonds. The minimum absolute atomic E-state index is 0.0690. The summed E-state index contributed by atoms with van der Waals surface area (Å²) in [6.07, 6.45) is 3.74. The highest BCUT2D eigenvalue weighted by atomic mass is 32.2. The van der Waals surface area contributed by atoms with E-state index in [0.29, 0.717) is 32.0 Å². The molecule has 0 aromatic carbocycles. The third-order valence-corrected chi connectivity index (χ3v) is 5.40. The second-order valence-corrected chi connectivity index (χ2v) is 8.66. The first-order valence-electron chi connectivity index (χ1n) is 6.92. The molecule has 1 heterocycles. The van der Waals surface area contributed by atoms with E-state index in [-0.39, 0.29) is 11.2 Å². The monoisotopic (exact) mass is 276 g/mol. The van der Waals surface area contributed by atoms with Crippen LogP contribution in [0.4, 0.5) is 0 Å². The Kier molecular flexibility index (Phi) is 5.62. The standard InChI is InChI=1S/C13H28N2O2S/c1-13(2,3)7-10-18(16,17)15-9-4-5-12(11-15)6-8-14/h12H,4-11,14H2,1-3H3. The predicted octanol–water partition coefficient (Wildman–Crippen LogP) is 1.81. The summed E-state index contributed by atoms with van der Waals surface area (Å²) in [4.78, 5) is 0. The fourth-order valence-electron chi connectivity index (χ4n) is 2.32. The molecule has 1 fully saturated rings. The van der Waals surface area contributed by atoms with Crippen molar-refractivity contribution in [3.63, 3.8) is 0 Å². The first-order valence-corrected chi connectivity index (χ1v) is 8.53. The molecule has 1 saturated heterocycles. The number of nitrogens with two attached hydrogens (primary N) is 1. The van der Waals surface area contributed by atoms with Crippen LogP contribution in [-0.4, -0.2) is 38.1 Å². The lowest BCUT2D eigenvalue weighted by atomic mass is 9.94. The fourth-order valence-corrected chi connectivity index (χ4v) is 4.29. The van der Waals surface area contributed by atoms with Crippen molar-refractivity contribution < 1.29 is 8.42 Å². The van der Waals surface area contributed by atoms with Gasteiger partial charge in [0.05, 0.1) is 5.75 Å². The summed E-state index contributed by atoms with van der Waals surface area (Å²) in [6.45, 7) is 8.25. The Morgan fingerprint density at radius 2 is 2.00 bits per heavy atom. The van der Waals surface area contributed by atoms with Gasteiger partial charge in [-0.1, -0.05) is 20.8 Å². The molecular formula is C13H28N2O2S. The molecule has 1 rings (SSSR count). The Morgan fingerprint density at radius 3 is 2.56 bits per heavy atom. The molecule has 0 aromatic heterocycles. The van der Waals surface area contributed by atoms with E-state index in [4.69, 9.17) is 5.73 Å². The first-order chi connectivity index (χ1) is 8.24. The van der Waals surface area contributed by atoms with Gasteiger partial charge in [0, 0.05) is 13.1 Å². The molecule has 1 unspecified atom stereocenters. The van der Waals surface area contributed by atoms with Gasteiger partial charge in [-0.25, -0.2) is 12.7 Å². The van der Waals surface area contributed by atoms with Crippen LogP contribution in [0.3, 0.4) is 0 Å². The second-order valence-electron chi connectivity index (χ2n) is 6.57. The van der Waals surface area contributed by atoms with E-state index >= 15 is 0 Å². The minimum Gasteiger partial charge on any atom is -0.330 e. The van der Waals surface area contributed by atoms with Gasteiger partial charge in [0.2, 0.25) is 10.0 Å². The van der Waals surface area contributed by atoms with Crippen LogP contribution in [0.15, 0.2) is 0 Å². The maximum atomic E-state index is 12.3. The highest BCUT2D eigenvalue weighted by molar-refractivity contribution is 7.89. The van der Waals surface area contributed by atoms with Gasteiger partial charge in [-0.3, -0.25) is 0 Å². The van der Waals surface area contributed by atoms with E-state index in [1.54, 1.807) is 4.31 Å². The number of rotatable bonds is 5. The summed E-state index contributed by atoms with van der Waals surface area (Å²) in [5.74, 6) is 0.722. The molecule has 5 heteroatoms. The van der Waals surface area contributed by atoms with Crippen LogP contribution in [0.2, 0.25) is 0 Å². The molecule has 0 bridgehead atoms. The lowest BCUT2D eigenvalue weighted by molar-refractivity contribution is 0.256. The highest BCUT2D eigenvalue weighted by Gasteiger charge is 2.29. The Balaban J connectivity index is 2.56. The van der Waals surface area contributed by atoms with Crippen molar-refractivity contribution in [2.75, 3.05) is 25.4 Å². The summed E-state index contributed by atoms with van der Waals surface area (Å²) in [5.41, 5.74) is 5.63. The first kappa shape index (κ1) is 15.9. The smallest absolute Gasteiger partial charge is 0.214 e. The average Bonchev–Trinajstić information content (AvgIpc) is 2.27. The summed E-state index contributed by atoms with van der Waals surface area (Å²) in [7, 11) is -3.08. The second kappa shape index (κ2) is 6.35. The number of nitrogens with zero attached hydrogens (tertiary/aromatic N) is 1. The maximum Gasteiger partial charge on any atom is 0.214 e. The zero-order chi connectivity index (χ0) is 13.8. The summed E-state index contributed by atoms with van der Waals surface area (Å²) < 4.78 is 26.2. The lowest BCUT2D eigenvalue weighted by Crippen LogP contribution is -2.42. The van der Waals surface area contributed by atoms with Gasteiger partial charge in [0.25, 0.3) is 0 Å². The third-order valence-electron chi connectivity index (χ3n) is 3.56. The molecule has 2 N–H and O–H groups in total. The number of hydrogen-bond acceptors (Lipinski definition) is 3. The van der Waals surface area contributed by atoms with E-state index < -0.39 is 10.0 Å². The van der Waals surface area contributed by atoms with Crippen molar-refractivity contribution in [1.29, 1.82) is 0 Å². The molecular weight excluding hydrogens is 248 g/mol. The van der Waals surface area contributed by atoms with Crippen molar-refractivity contribution >= 4 is 10.0 Å². The van der Waals surface area contributed by atoms with Crippen LogP contribution < -0.4 is 5.73 Å². The van der Waals surface area contributed by atoms with Crippen molar-refractivity contribution in [1.82, 2.24) is 4.31 Å². The van der Waals surface area contributed by atoms with Crippen LogP contribution in [-0.2, 0) is 10.0 Å².